The number of carbonyl (C=O) groups excluding carboxylic acids is 1. The van der Waals surface area contributed by atoms with Gasteiger partial charge in [0.15, 0.2) is 0 Å². The first-order chi connectivity index (χ1) is 9.85. The molecule has 0 radical (unpaired) electrons. The molecular weight excluding hydrogens is 290 g/mol. The van der Waals surface area contributed by atoms with Crippen molar-refractivity contribution in [1.82, 2.24) is 15.0 Å². The Morgan fingerprint density at radius 2 is 2.14 bits per heavy atom. The lowest BCUT2D eigenvalue weighted by molar-refractivity contribution is -0.121. The van der Waals surface area contributed by atoms with Crippen LogP contribution in [0, 0.1) is 12.8 Å². The number of aromatic nitrogens is 1. The minimum absolute atomic E-state index is 0.0735. The highest BCUT2D eigenvalue weighted by Gasteiger charge is 2.34. The first-order valence-corrected chi connectivity index (χ1v) is 8.92. The summed E-state index contributed by atoms with van der Waals surface area (Å²) >= 11 is 0. The van der Waals surface area contributed by atoms with Gasteiger partial charge in [0, 0.05) is 18.7 Å². The van der Waals surface area contributed by atoms with Crippen LogP contribution in [0.5, 0.6) is 0 Å². The molecule has 1 aromatic heterocycles. The van der Waals surface area contributed by atoms with Gasteiger partial charge in [0.25, 0.3) is 0 Å². The van der Waals surface area contributed by atoms with Crippen LogP contribution in [0.4, 0.5) is 0 Å². The molecule has 116 valence electrons. The molecule has 2 rings (SSSR count). The number of amides is 1. The summed E-state index contributed by atoms with van der Waals surface area (Å²) < 4.78 is 24.2. The summed E-state index contributed by atoms with van der Waals surface area (Å²) in [6.07, 6.45) is 3.38. The van der Waals surface area contributed by atoms with Gasteiger partial charge in [-0.05, 0) is 37.8 Å². The molecule has 2 N–H and O–H groups in total. The van der Waals surface area contributed by atoms with E-state index in [1.807, 2.05) is 25.1 Å². The van der Waals surface area contributed by atoms with E-state index in [4.69, 9.17) is 0 Å². The number of hydrogen-bond donors (Lipinski definition) is 2. The van der Waals surface area contributed by atoms with Crippen molar-refractivity contribution in [3.63, 3.8) is 0 Å². The molecule has 0 aromatic carbocycles. The summed E-state index contributed by atoms with van der Waals surface area (Å²) in [5, 5.41) is 2.97. The number of nitrogens with zero attached hydrogens (tertiary/aromatic N) is 1. The Bertz CT molecular complexity index is 612. The quantitative estimate of drug-likeness (QED) is 0.783. The van der Waals surface area contributed by atoms with E-state index in [9.17, 15) is 13.2 Å². The Kier molecular flexibility index (Phi) is 4.95. The van der Waals surface area contributed by atoms with Gasteiger partial charge in [0.1, 0.15) is 0 Å². The number of hydrogen-bond acceptors (Lipinski definition) is 4. The average molecular weight is 311 g/mol. The molecule has 0 unspecified atom stereocenters. The third-order valence-corrected chi connectivity index (χ3v) is 4.08. The van der Waals surface area contributed by atoms with Crippen LogP contribution in [0.3, 0.4) is 0 Å². The zero-order chi connectivity index (χ0) is 15.5. The third kappa shape index (κ3) is 5.43. The van der Waals surface area contributed by atoms with E-state index < -0.39 is 10.0 Å². The highest BCUT2D eigenvalue weighted by molar-refractivity contribution is 7.88. The molecule has 0 bridgehead atoms. The highest BCUT2D eigenvalue weighted by atomic mass is 32.2. The summed E-state index contributed by atoms with van der Waals surface area (Å²) in [7, 11) is -3.25. The van der Waals surface area contributed by atoms with Crippen LogP contribution in [-0.2, 0) is 14.8 Å². The number of nitrogens with one attached hydrogen (secondary N) is 2. The van der Waals surface area contributed by atoms with Crippen molar-refractivity contribution in [2.24, 2.45) is 5.92 Å². The van der Waals surface area contributed by atoms with Crippen molar-refractivity contribution >= 4 is 15.9 Å². The molecule has 1 saturated carbocycles. The van der Waals surface area contributed by atoms with Crippen LogP contribution in [0.2, 0.25) is 0 Å². The van der Waals surface area contributed by atoms with Crippen molar-refractivity contribution < 1.29 is 13.2 Å². The van der Waals surface area contributed by atoms with Crippen molar-refractivity contribution in [2.45, 2.75) is 32.2 Å². The first-order valence-electron chi connectivity index (χ1n) is 7.03. The molecule has 0 aliphatic heterocycles. The Balaban J connectivity index is 1.93. The molecule has 1 atom stereocenters. The lowest BCUT2D eigenvalue weighted by atomic mass is 10.1. The van der Waals surface area contributed by atoms with E-state index in [1.54, 1.807) is 0 Å². The average Bonchev–Trinajstić information content (AvgIpc) is 3.18. The van der Waals surface area contributed by atoms with E-state index >= 15 is 0 Å². The van der Waals surface area contributed by atoms with Crippen LogP contribution < -0.4 is 10.0 Å². The van der Waals surface area contributed by atoms with Gasteiger partial charge in [0.2, 0.25) is 15.9 Å². The maximum absolute atomic E-state index is 12.0. The topological polar surface area (TPSA) is 88.2 Å². The van der Waals surface area contributed by atoms with Gasteiger partial charge >= 0.3 is 0 Å². The fraction of sp³-hybridized carbons (Fsp3) is 0.571. The molecule has 1 aliphatic rings. The van der Waals surface area contributed by atoms with E-state index in [1.165, 1.54) is 0 Å². The minimum Gasteiger partial charge on any atom is -0.347 e. The van der Waals surface area contributed by atoms with Crippen LogP contribution in [0.25, 0.3) is 0 Å². The Hall–Kier alpha value is -1.47. The summed E-state index contributed by atoms with van der Waals surface area (Å²) in [6, 6.07) is 5.71. The smallest absolute Gasteiger partial charge is 0.221 e. The molecule has 7 heteroatoms. The summed E-state index contributed by atoms with van der Waals surface area (Å²) in [4.78, 5) is 16.4. The second-order valence-electron chi connectivity index (χ2n) is 5.50. The Labute approximate surface area is 125 Å². The molecule has 0 saturated heterocycles. The second kappa shape index (κ2) is 6.53. The van der Waals surface area contributed by atoms with Crippen molar-refractivity contribution in [3.8, 4) is 0 Å². The van der Waals surface area contributed by atoms with Gasteiger partial charge < -0.3 is 5.32 Å². The van der Waals surface area contributed by atoms with Gasteiger partial charge in [0.05, 0.1) is 18.0 Å². The molecular formula is C14H21N3O3S. The standard InChI is InChI=1S/C14H21N3O3S/c1-10-4-3-5-12(16-10)14(11-6-7-11)17-13(18)8-9-15-21(2,19)20/h3-5,11,14-15H,6-9H2,1-2H3,(H,17,18)/t14-/m0/s1. The monoisotopic (exact) mass is 311 g/mol. The third-order valence-electron chi connectivity index (χ3n) is 3.35. The molecule has 1 aromatic rings. The minimum atomic E-state index is -3.25. The number of aryl methyl sites for hydroxylation is 1. The Morgan fingerprint density at radius 1 is 1.43 bits per heavy atom. The number of pyridine rings is 1. The highest BCUT2D eigenvalue weighted by Crippen LogP contribution is 2.40. The molecule has 1 fully saturated rings. The molecule has 0 spiro atoms. The van der Waals surface area contributed by atoms with E-state index in [2.05, 4.69) is 15.0 Å². The molecule has 1 amide bonds. The zero-order valence-corrected chi connectivity index (χ0v) is 13.1. The predicted octanol–water partition coefficient (Wildman–Crippen LogP) is 0.897. The van der Waals surface area contributed by atoms with Crippen molar-refractivity contribution in [2.75, 3.05) is 12.8 Å². The zero-order valence-electron chi connectivity index (χ0n) is 12.3. The summed E-state index contributed by atoms with van der Waals surface area (Å²) in [5.74, 6) is 0.275. The lowest BCUT2D eigenvalue weighted by Gasteiger charge is -2.18. The Morgan fingerprint density at radius 3 is 2.71 bits per heavy atom. The summed E-state index contributed by atoms with van der Waals surface area (Å²) in [6.45, 7) is 2.04. The van der Waals surface area contributed by atoms with E-state index in [0.717, 1.165) is 30.5 Å². The number of carbonyl (C=O) groups is 1. The van der Waals surface area contributed by atoms with Crippen LogP contribution in [0.15, 0.2) is 18.2 Å². The first kappa shape index (κ1) is 15.9. The molecule has 21 heavy (non-hydrogen) atoms. The molecule has 1 aliphatic carbocycles. The fourth-order valence-corrected chi connectivity index (χ4v) is 2.67. The normalized spacial score (nSPS) is 16.5. The SMILES string of the molecule is Cc1cccc([C@@H](NC(=O)CCNS(C)(=O)=O)C2CC2)n1. The van der Waals surface area contributed by atoms with E-state index in [-0.39, 0.29) is 24.9 Å². The fourth-order valence-electron chi connectivity index (χ4n) is 2.20. The van der Waals surface area contributed by atoms with Gasteiger partial charge in [-0.2, -0.15) is 0 Å². The molecule has 6 nitrogen and oxygen atoms in total. The molecule has 1 heterocycles. The second-order valence-corrected chi connectivity index (χ2v) is 7.34. The van der Waals surface area contributed by atoms with Gasteiger partial charge in [-0.3, -0.25) is 9.78 Å². The van der Waals surface area contributed by atoms with Gasteiger partial charge in [-0.1, -0.05) is 6.07 Å². The largest absolute Gasteiger partial charge is 0.347 e. The predicted molar refractivity (Wildman–Crippen MR) is 80.0 cm³/mol. The van der Waals surface area contributed by atoms with Crippen LogP contribution >= 0.6 is 0 Å². The van der Waals surface area contributed by atoms with E-state index in [0.29, 0.717) is 5.92 Å². The maximum Gasteiger partial charge on any atom is 0.221 e. The summed E-state index contributed by atoms with van der Waals surface area (Å²) in [5.41, 5.74) is 1.80. The van der Waals surface area contributed by atoms with Gasteiger partial charge in [-0.25, -0.2) is 13.1 Å². The van der Waals surface area contributed by atoms with Crippen LogP contribution in [0.1, 0.15) is 36.7 Å². The van der Waals surface area contributed by atoms with Crippen molar-refractivity contribution in [3.05, 3.63) is 29.6 Å². The number of rotatable bonds is 7. The lowest BCUT2D eigenvalue weighted by Crippen LogP contribution is -2.33. The van der Waals surface area contributed by atoms with Crippen LogP contribution in [-0.4, -0.2) is 32.1 Å². The number of sulfonamides is 1. The van der Waals surface area contributed by atoms with Gasteiger partial charge in [-0.15, -0.1) is 0 Å². The maximum atomic E-state index is 12.0. The van der Waals surface area contributed by atoms with Crippen molar-refractivity contribution in [1.29, 1.82) is 0 Å².